The molecule has 1 saturated carbocycles. The van der Waals surface area contributed by atoms with Crippen LogP contribution in [0.5, 0.6) is 0 Å². The number of hydrogen-bond acceptors (Lipinski definition) is 5. The minimum absolute atomic E-state index is 0.00251. The number of carbonyl (C=O) groups is 1. The third-order valence-corrected chi connectivity index (χ3v) is 7.38. The maximum absolute atomic E-state index is 13.2. The zero-order chi connectivity index (χ0) is 19.8. The van der Waals surface area contributed by atoms with Crippen LogP contribution in [0.3, 0.4) is 0 Å². The van der Waals surface area contributed by atoms with Crippen LogP contribution in [-0.2, 0) is 19.4 Å². The molecule has 0 aliphatic heterocycles. The Balaban J connectivity index is 2.12. The van der Waals surface area contributed by atoms with Crippen LogP contribution in [0, 0.1) is 16.7 Å². The lowest BCUT2D eigenvalue weighted by Gasteiger charge is -2.09. The van der Waals surface area contributed by atoms with Crippen LogP contribution < -0.4 is 0 Å². The van der Waals surface area contributed by atoms with Gasteiger partial charge in [0.2, 0.25) is 0 Å². The van der Waals surface area contributed by atoms with Crippen molar-refractivity contribution < 1.29 is 17.9 Å². The lowest BCUT2D eigenvalue weighted by Crippen LogP contribution is -2.25. The minimum Gasteiger partial charge on any atom is -0.465 e. The van der Waals surface area contributed by atoms with E-state index in [-0.39, 0.29) is 11.5 Å². The predicted octanol–water partition coefficient (Wildman–Crippen LogP) is 4.01. The van der Waals surface area contributed by atoms with Gasteiger partial charge >= 0.3 is 5.97 Å². The Kier molecular flexibility index (Phi) is 5.22. The minimum atomic E-state index is -3.99. The average molecular weight is 424 g/mol. The Labute approximate surface area is 167 Å². The second-order valence-corrected chi connectivity index (χ2v) is 9.09. The first kappa shape index (κ1) is 19.7. The van der Waals surface area contributed by atoms with Crippen molar-refractivity contribution in [3.8, 4) is 6.07 Å². The molecule has 5 nitrogen and oxygen atoms in total. The molecule has 3 rings (SSSR count). The molecular weight excluding hydrogens is 409 g/mol. The van der Waals surface area contributed by atoms with E-state index in [2.05, 4.69) is 0 Å². The molecule has 0 spiro atoms. The van der Waals surface area contributed by atoms with E-state index in [1.165, 1.54) is 24.3 Å². The highest BCUT2D eigenvalue weighted by Gasteiger charge is 2.77. The van der Waals surface area contributed by atoms with E-state index in [9.17, 15) is 18.5 Å². The van der Waals surface area contributed by atoms with Crippen molar-refractivity contribution in [2.45, 2.75) is 23.0 Å². The average Bonchev–Trinajstić information content (AvgIpc) is 3.34. The number of nitriles is 1. The van der Waals surface area contributed by atoms with Gasteiger partial charge in [-0.3, -0.25) is 4.79 Å². The Morgan fingerprint density at radius 1 is 1.11 bits per heavy atom. The summed E-state index contributed by atoms with van der Waals surface area (Å²) in [6.07, 6.45) is 0. The van der Waals surface area contributed by atoms with Gasteiger partial charge in [-0.1, -0.05) is 35.3 Å². The number of halogens is 2. The molecular formula is C19H15Cl2NO4S. The number of ether oxygens (including phenoxy) is 1. The zero-order valence-corrected chi connectivity index (χ0v) is 16.6. The van der Waals surface area contributed by atoms with E-state index in [1.807, 2.05) is 6.07 Å². The largest absolute Gasteiger partial charge is 0.465 e. The monoisotopic (exact) mass is 423 g/mol. The van der Waals surface area contributed by atoms with Crippen molar-refractivity contribution in [3.63, 3.8) is 0 Å². The molecule has 0 N–H and O–H groups in total. The van der Waals surface area contributed by atoms with Crippen LogP contribution in [0.1, 0.15) is 18.4 Å². The molecule has 0 bridgehead atoms. The van der Waals surface area contributed by atoms with Gasteiger partial charge in [0.15, 0.2) is 15.3 Å². The van der Waals surface area contributed by atoms with Crippen LogP contribution in [-0.4, -0.2) is 26.2 Å². The molecule has 1 aliphatic carbocycles. The summed E-state index contributed by atoms with van der Waals surface area (Å²) >= 11 is 11.7. The molecule has 0 amide bonds. The third kappa shape index (κ3) is 3.20. The van der Waals surface area contributed by atoms with Crippen molar-refractivity contribution >= 4 is 39.0 Å². The number of rotatable bonds is 5. The molecule has 0 unspecified atom stereocenters. The molecule has 2 aromatic rings. The highest BCUT2D eigenvalue weighted by Crippen LogP contribution is 2.64. The maximum atomic E-state index is 13.2. The fourth-order valence-corrected chi connectivity index (χ4v) is 5.83. The molecule has 1 aliphatic rings. The summed E-state index contributed by atoms with van der Waals surface area (Å²) in [5.41, 5.74) is -1.26. The van der Waals surface area contributed by atoms with E-state index in [0.29, 0.717) is 15.6 Å². The second-order valence-electron chi connectivity index (χ2n) is 6.15. The number of carbonyl (C=O) groups excluding carboxylic acids is 1. The second kappa shape index (κ2) is 7.16. The topological polar surface area (TPSA) is 84.2 Å². The first-order chi connectivity index (χ1) is 12.8. The van der Waals surface area contributed by atoms with Gasteiger partial charge in [-0.2, -0.15) is 5.26 Å². The predicted molar refractivity (Wildman–Crippen MR) is 101 cm³/mol. The highest BCUT2D eigenvalue weighted by molar-refractivity contribution is 7.92. The van der Waals surface area contributed by atoms with Crippen LogP contribution >= 0.6 is 23.2 Å². The molecule has 140 valence electrons. The van der Waals surface area contributed by atoms with Crippen LogP contribution in [0.2, 0.25) is 10.0 Å². The van der Waals surface area contributed by atoms with Crippen molar-refractivity contribution in [2.24, 2.45) is 5.41 Å². The van der Waals surface area contributed by atoms with Crippen molar-refractivity contribution in [2.75, 3.05) is 6.61 Å². The lowest BCUT2D eigenvalue weighted by atomic mass is 10.0. The van der Waals surface area contributed by atoms with Gasteiger partial charge in [-0.15, -0.1) is 0 Å². The zero-order valence-electron chi connectivity index (χ0n) is 14.2. The van der Waals surface area contributed by atoms with Crippen molar-refractivity contribution in [3.05, 3.63) is 64.1 Å². The summed E-state index contributed by atoms with van der Waals surface area (Å²) in [5.74, 6) is -1.69. The Hall–Kier alpha value is -2.07. The van der Waals surface area contributed by atoms with E-state index in [4.69, 9.17) is 27.9 Å². The molecule has 8 heteroatoms. The number of hydrogen-bond donors (Lipinski definition) is 0. The Bertz CT molecular complexity index is 1010. The molecule has 0 radical (unpaired) electrons. The Morgan fingerprint density at radius 3 is 2.11 bits per heavy atom. The standard InChI is InChI=1S/C19H15Cl2NO4S/c1-2-26-18(23)19(11-22)16(12-3-5-13(20)6-4-12)17(19)27(24,25)15-9-7-14(21)8-10-15/h3-10,16-17H,2H2,1H3/t16-,17-,19+/m0/s1. The van der Waals surface area contributed by atoms with E-state index in [0.717, 1.165) is 0 Å². The number of esters is 1. The summed E-state index contributed by atoms with van der Waals surface area (Å²) in [4.78, 5) is 12.6. The Morgan fingerprint density at radius 2 is 1.63 bits per heavy atom. The van der Waals surface area contributed by atoms with E-state index < -0.39 is 32.4 Å². The molecule has 0 aromatic heterocycles. The summed E-state index contributed by atoms with van der Waals surface area (Å²) in [6, 6.07) is 14.0. The summed E-state index contributed by atoms with van der Waals surface area (Å²) < 4.78 is 31.5. The molecule has 1 fully saturated rings. The number of nitrogens with zero attached hydrogens (tertiary/aromatic N) is 1. The molecule has 0 heterocycles. The molecule has 3 atom stereocenters. The number of sulfone groups is 1. The lowest BCUT2D eigenvalue weighted by molar-refractivity contribution is -0.147. The molecule has 27 heavy (non-hydrogen) atoms. The van der Waals surface area contributed by atoms with Gasteiger partial charge in [-0.05, 0) is 48.9 Å². The highest BCUT2D eigenvalue weighted by atomic mass is 35.5. The van der Waals surface area contributed by atoms with Gasteiger partial charge in [0, 0.05) is 16.0 Å². The normalized spacial score (nSPS) is 24.1. The fourth-order valence-electron chi connectivity index (χ4n) is 3.33. The van der Waals surface area contributed by atoms with Crippen LogP contribution in [0.15, 0.2) is 53.4 Å². The summed E-state index contributed by atoms with van der Waals surface area (Å²) in [6.45, 7) is 1.65. The van der Waals surface area contributed by atoms with Gasteiger partial charge in [0.25, 0.3) is 0 Å². The quantitative estimate of drug-likeness (QED) is 0.678. The first-order valence-corrected chi connectivity index (χ1v) is 10.4. The smallest absolute Gasteiger partial charge is 0.328 e. The third-order valence-electron chi connectivity index (χ3n) is 4.64. The van der Waals surface area contributed by atoms with Gasteiger partial charge < -0.3 is 4.74 Å². The summed E-state index contributed by atoms with van der Waals surface area (Å²) in [5, 5.41) is 9.40. The SMILES string of the molecule is CCOC(=O)[C@]1(C#N)[C@@H](c2ccc(Cl)cc2)[C@@H]1S(=O)(=O)c1ccc(Cl)cc1. The van der Waals surface area contributed by atoms with Gasteiger partial charge in [0.1, 0.15) is 5.25 Å². The number of benzene rings is 2. The maximum Gasteiger partial charge on any atom is 0.328 e. The van der Waals surface area contributed by atoms with Gasteiger partial charge in [0.05, 0.1) is 17.6 Å². The molecule has 2 aromatic carbocycles. The van der Waals surface area contributed by atoms with E-state index in [1.54, 1.807) is 31.2 Å². The van der Waals surface area contributed by atoms with Crippen molar-refractivity contribution in [1.29, 1.82) is 5.26 Å². The van der Waals surface area contributed by atoms with Crippen LogP contribution in [0.4, 0.5) is 0 Å². The van der Waals surface area contributed by atoms with Crippen LogP contribution in [0.25, 0.3) is 0 Å². The summed E-state index contributed by atoms with van der Waals surface area (Å²) in [7, 11) is -3.99. The van der Waals surface area contributed by atoms with E-state index >= 15 is 0 Å². The molecule has 0 saturated heterocycles. The van der Waals surface area contributed by atoms with Gasteiger partial charge in [-0.25, -0.2) is 8.42 Å². The first-order valence-electron chi connectivity index (χ1n) is 8.12. The fraction of sp³-hybridized carbons (Fsp3) is 0.263. The van der Waals surface area contributed by atoms with Crippen molar-refractivity contribution in [1.82, 2.24) is 0 Å².